The molecule has 3 heterocycles. The first-order valence-corrected chi connectivity index (χ1v) is 10.1. The standard InChI is InChI=1S/C22H21NO4S/c1-12-10-26-20-14(3)21-17(8-16(12)20)13(2)18(22(25)27-21)9-19(24)23-6-4-15-5-7-28-11-15/h5,7-8,10-11H,4,6,9H2,1-3H3,(H,23,24). The van der Waals surface area contributed by atoms with E-state index in [1.807, 2.05) is 38.3 Å². The summed E-state index contributed by atoms with van der Waals surface area (Å²) in [6.45, 7) is 6.27. The number of carbonyl (C=O) groups excluding carboxylic acids is 1. The summed E-state index contributed by atoms with van der Waals surface area (Å²) in [6, 6.07) is 4.02. The van der Waals surface area contributed by atoms with Crippen LogP contribution in [0, 0.1) is 20.8 Å². The van der Waals surface area contributed by atoms with Gasteiger partial charge in [-0.3, -0.25) is 4.79 Å². The van der Waals surface area contributed by atoms with Crippen LogP contribution in [0.5, 0.6) is 0 Å². The Labute approximate surface area is 166 Å². The fourth-order valence-corrected chi connectivity index (χ4v) is 4.23. The molecule has 0 bridgehead atoms. The maximum Gasteiger partial charge on any atom is 0.340 e. The Morgan fingerprint density at radius 3 is 2.71 bits per heavy atom. The highest BCUT2D eigenvalue weighted by Crippen LogP contribution is 2.32. The van der Waals surface area contributed by atoms with Crippen LogP contribution in [0.3, 0.4) is 0 Å². The Balaban J connectivity index is 1.63. The molecular weight excluding hydrogens is 374 g/mol. The number of hydrogen-bond acceptors (Lipinski definition) is 5. The topological polar surface area (TPSA) is 72.5 Å². The molecule has 1 aromatic carbocycles. The largest absolute Gasteiger partial charge is 0.464 e. The van der Waals surface area contributed by atoms with Gasteiger partial charge in [0.05, 0.1) is 18.2 Å². The van der Waals surface area contributed by atoms with Crippen molar-refractivity contribution in [1.82, 2.24) is 5.32 Å². The van der Waals surface area contributed by atoms with Crippen LogP contribution in [-0.4, -0.2) is 12.5 Å². The minimum absolute atomic E-state index is 0.00912. The van der Waals surface area contributed by atoms with Crippen molar-refractivity contribution < 1.29 is 13.6 Å². The number of carbonyl (C=O) groups is 1. The first-order valence-electron chi connectivity index (χ1n) is 9.17. The average molecular weight is 395 g/mol. The molecule has 1 N–H and O–H groups in total. The normalized spacial score (nSPS) is 11.4. The molecule has 0 radical (unpaired) electrons. The molecule has 0 saturated carbocycles. The quantitative estimate of drug-likeness (QED) is 0.508. The second-order valence-corrected chi connectivity index (χ2v) is 7.86. The lowest BCUT2D eigenvalue weighted by molar-refractivity contribution is -0.120. The van der Waals surface area contributed by atoms with Crippen molar-refractivity contribution in [1.29, 1.82) is 0 Å². The van der Waals surface area contributed by atoms with E-state index in [2.05, 4.69) is 10.7 Å². The van der Waals surface area contributed by atoms with E-state index in [4.69, 9.17) is 8.83 Å². The third-order valence-corrected chi connectivity index (χ3v) is 5.92. The summed E-state index contributed by atoms with van der Waals surface area (Å²) < 4.78 is 11.2. The van der Waals surface area contributed by atoms with Crippen LogP contribution in [0.1, 0.15) is 27.8 Å². The number of benzene rings is 1. The third-order valence-electron chi connectivity index (χ3n) is 5.19. The molecule has 0 aliphatic heterocycles. The van der Waals surface area contributed by atoms with E-state index in [9.17, 15) is 9.59 Å². The molecule has 4 aromatic rings. The number of aryl methyl sites for hydroxylation is 3. The molecule has 0 atom stereocenters. The van der Waals surface area contributed by atoms with E-state index >= 15 is 0 Å². The number of rotatable bonds is 5. The van der Waals surface area contributed by atoms with Gasteiger partial charge in [0, 0.05) is 22.9 Å². The molecule has 0 spiro atoms. The molecule has 0 saturated heterocycles. The van der Waals surface area contributed by atoms with Gasteiger partial charge in [0.25, 0.3) is 0 Å². The monoisotopic (exact) mass is 395 g/mol. The van der Waals surface area contributed by atoms with Crippen LogP contribution in [0.2, 0.25) is 0 Å². The zero-order chi connectivity index (χ0) is 19.8. The molecule has 0 aliphatic rings. The summed E-state index contributed by atoms with van der Waals surface area (Å²) in [6.07, 6.45) is 2.48. The molecule has 0 aliphatic carbocycles. The first kappa shape index (κ1) is 18.5. The molecule has 28 heavy (non-hydrogen) atoms. The van der Waals surface area contributed by atoms with Crippen LogP contribution < -0.4 is 10.9 Å². The Morgan fingerprint density at radius 2 is 1.96 bits per heavy atom. The van der Waals surface area contributed by atoms with Crippen LogP contribution in [0.25, 0.3) is 21.9 Å². The van der Waals surface area contributed by atoms with Crippen LogP contribution in [0.4, 0.5) is 0 Å². The van der Waals surface area contributed by atoms with Crippen molar-refractivity contribution in [2.45, 2.75) is 33.6 Å². The zero-order valence-electron chi connectivity index (χ0n) is 16.0. The van der Waals surface area contributed by atoms with Crippen molar-refractivity contribution in [3.05, 3.63) is 67.4 Å². The fourth-order valence-electron chi connectivity index (χ4n) is 3.53. The van der Waals surface area contributed by atoms with Crippen LogP contribution >= 0.6 is 11.3 Å². The van der Waals surface area contributed by atoms with E-state index in [-0.39, 0.29) is 12.3 Å². The highest BCUT2D eigenvalue weighted by atomic mass is 32.1. The third kappa shape index (κ3) is 3.24. The molecule has 4 rings (SSSR count). The summed E-state index contributed by atoms with van der Waals surface area (Å²) in [5.41, 5.74) is 4.99. The maximum atomic E-state index is 12.6. The van der Waals surface area contributed by atoms with Gasteiger partial charge in [0.1, 0.15) is 11.2 Å². The van der Waals surface area contributed by atoms with Crippen molar-refractivity contribution in [3.63, 3.8) is 0 Å². The SMILES string of the molecule is Cc1coc2c(C)c3oc(=O)c(CC(=O)NCCc4ccsc4)c(C)c3cc12. The Bertz CT molecular complexity index is 1230. The van der Waals surface area contributed by atoms with Gasteiger partial charge in [-0.25, -0.2) is 4.79 Å². The molecule has 3 aromatic heterocycles. The van der Waals surface area contributed by atoms with Crippen molar-refractivity contribution in [3.8, 4) is 0 Å². The second kappa shape index (κ2) is 7.28. The van der Waals surface area contributed by atoms with E-state index in [0.29, 0.717) is 17.7 Å². The number of thiophene rings is 1. The Morgan fingerprint density at radius 1 is 1.14 bits per heavy atom. The lowest BCUT2D eigenvalue weighted by Gasteiger charge is -2.10. The first-order chi connectivity index (χ1) is 13.5. The number of amides is 1. The summed E-state index contributed by atoms with van der Waals surface area (Å²) >= 11 is 1.64. The van der Waals surface area contributed by atoms with E-state index < -0.39 is 5.63 Å². The van der Waals surface area contributed by atoms with E-state index in [0.717, 1.165) is 39.5 Å². The molecule has 0 fully saturated rings. The number of furan rings is 1. The predicted octanol–water partition coefficient (Wildman–Crippen LogP) is 4.43. The van der Waals surface area contributed by atoms with Gasteiger partial charge in [0.15, 0.2) is 0 Å². The minimum atomic E-state index is -0.469. The van der Waals surface area contributed by atoms with Gasteiger partial charge in [0.2, 0.25) is 5.91 Å². The van der Waals surface area contributed by atoms with Crippen LogP contribution in [0.15, 0.2) is 42.8 Å². The molecule has 1 amide bonds. The van der Waals surface area contributed by atoms with Crippen molar-refractivity contribution in [2.24, 2.45) is 0 Å². The summed E-state index contributed by atoms with van der Waals surface area (Å²) in [4.78, 5) is 24.9. The van der Waals surface area contributed by atoms with Crippen LogP contribution in [-0.2, 0) is 17.6 Å². The van der Waals surface area contributed by atoms with Gasteiger partial charge < -0.3 is 14.2 Å². The molecule has 6 heteroatoms. The minimum Gasteiger partial charge on any atom is -0.464 e. The number of fused-ring (bicyclic) bond motifs is 2. The molecular formula is C22H21NO4S. The maximum absolute atomic E-state index is 12.6. The van der Waals surface area contributed by atoms with Gasteiger partial charge in [-0.2, -0.15) is 11.3 Å². The van der Waals surface area contributed by atoms with E-state index in [1.165, 1.54) is 5.56 Å². The van der Waals surface area contributed by atoms with Gasteiger partial charge in [-0.05, 0) is 66.8 Å². The average Bonchev–Trinajstić information content (AvgIpc) is 3.30. The summed E-state index contributed by atoms with van der Waals surface area (Å²) in [5, 5.41) is 8.80. The summed E-state index contributed by atoms with van der Waals surface area (Å²) in [5.74, 6) is -0.178. The number of hydrogen-bond donors (Lipinski definition) is 1. The lowest BCUT2D eigenvalue weighted by Crippen LogP contribution is -2.29. The molecule has 0 unspecified atom stereocenters. The second-order valence-electron chi connectivity index (χ2n) is 7.08. The van der Waals surface area contributed by atoms with E-state index in [1.54, 1.807) is 17.6 Å². The van der Waals surface area contributed by atoms with Crippen molar-refractivity contribution >= 4 is 39.2 Å². The lowest BCUT2D eigenvalue weighted by atomic mass is 9.99. The van der Waals surface area contributed by atoms with Gasteiger partial charge in [-0.15, -0.1) is 0 Å². The highest BCUT2D eigenvalue weighted by molar-refractivity contribution is 7.07. The predicted molar refractivity (Wildman–Crippen MR) is 111 cm³/mol. The summed E-state index contributed by atoms with van der Waals surface area (Å²) in [7, 11) is 0. The number of nitrogens with one attached hydrogen (secondary N) is 1. The Hall–Kier alpha value is -2.86. The van der Waals surface area contributed by atoms with Gasteiger partial charge >= 0.3 is 5.63 Å². The fraction of sp³-hybridized carbons (Fsp3) is 0.273. The Kier molecular flexibility index (Phi) is 4.81. The van der Waals surface area contributed by atoms with Gasteiger partial charge in [-0.1, -0.05) is 0 Å². The van der Waals surface area contributed by atoms with Crippen molar-refractivity contribution in [2.75, 3.05) is 6.54 Å². The smallest absolute Gasteiger partial charge is 0.340 e. The molecule has 5 nitrogen and oxygen atoms in total. The highest BCUT2D eigenvalue weighted by Gasteiger charge is 2.19. The molecule has 144 valence electrons. The zero-order valence-corrected chi connectivity index (χ0v) is 16.9.